The minimum absolute atomic E-state index is 0.0289. The van der Waals surface area contributed by atoms with E-state index in [1.54, 1.807) is 12.1 Å². The molecule has 0 bridgehead atoms. The van der Waals surface area contributed by atoms with E-state index in [1.165, 1.54) is 44.5 Å². The molecule has 1 amide bonds. The SMILES string of the molecule is CON(C)S(=O)(=O)c1cccc(C(=O)Nc2ccccc2SCC(F)(F)F)c1. The van der Waals surface area contributed by atoms with Gasteiger partial charge in [0.25, 0.3) is 15.9 Å². The van der Waals surface area contributed by atoms with Crippen molar-refractivity contribution < 1.29 is 31.2 Å². The van der Waals surface area contributed by atoms with Gasteiger partial charge in [0.1, 0.15) is 0 Å². The predicted molar refractivity (Wildman–Crippen MR) is 99.6 cm³/mol. The van der Waals surface area contributed by atoms with Crippen molar-refractivity contribution in [2.24, 2.45) is 0 Å². The van der Waals surface area contributed by atoms with E-state index in [-0.39, 0.29) is 21.0 Å². The molecule has 11 heteroatoms. The number of para-hydroxylation sites is 1. The van der Waals surface area contributed by atoms with Crippen LogP contribution < -0.4 is 5.32 Å². The number of thioether (sulfide) groups is 1. The molecule has 28 heavy (non-hydrogen) atoms. The summed E-state index contributed by atoms with van der Waals surface area (Å²) in [4.78, 5) is 17.3. The molecule has 0 radical (unpaired) electrons. The third-order valence-electron chi connectivity index (χ3n) is 3.52. The molecule has 2 aromatic carbocycles. The first-order valence-electron chi connectivity index (χ1n) is 7.77. The standard InChI is InChI=1S/C17H17F3N2O4S2/c1-22(26-2)28(24,25)13-7-5-6-12(10-13)16(23)21-14-8-3-4-9-15(14)27-11-17(18,19)20/h3-10H,11H2,1-2H3,(H,21,23). The van der Waals surface area contributed by atoms with Crippen LogP contribution in [0.4, 0.5) is 18.9 Å². The van der Waals surface area contributed by atoms with Crippen LogP contribution >= 0.6 is 11.8 Å². The summed E-state index contributed by atoms with van der Waals surface area (Å²) in [7, 11) is -1.56. The number of nitrogens with zero attached hydrogens (tertiary/aromatic N) is 1. The summed E-state index contributed by atoms with van der Waals surface area (Å²) in [5.41, 5.74) is 0.227. The lowest BCUT2D eigenvalue weighted by Crippen LogP contribution is -2.26. The van der Waals surface area contributed by atoms with Crippen LogP contribution in [0.1, 0.15) is 10.4 Å². The molecule has 0 aliphatic carbocycles. The summed E-state index contributed by atoms with van der Waals surface area (Å²) in [5, 5.41) is 2.52. The maximum atomic E-state index is 12.5. The first-order chi connectivity index (χ1) is 13.0. The van der Waals surface area contributed by atoms with E-state index in [2.05, 4.69) is 10.2 Å². The zero-order valence-electron chi connectivity index (χ0n) is 14.9. The maximum Gasteiger partial charge on any atom is 0.398 e. The predicted octanol–water partition coefficient (Wildman–Crippen LogP) is 3.78. The first-order valence-corrected chi connectivity index (χ1v) is 10.2. The number of amides is 1. The second-order valence-corrected chi connectivity index (χ2v) is 8.43. The van der Waals surface area contributed by atoms with Crippen LogP contribution in [0.15, 0.2) is 58.3 Å². The lowest BCUT2D eigenvalue weighted by atomic mass is 10.2. The van der Waals surface area contributed by atoms with Crippen molar-refractivity contribution in [1.82, 2.24) is 4.47 Å². The minimum atomic E-state index is -4.35. The van der Waals surface area contributed by atoms with Crippen LogP contribution in [-0.4, -0.2) is 44.9 Å². The van der Waals surface area contributed by atoms with Crippen molar-refractivity contribution in [3.8, 4) is 0 Å². The Balaban J connectivity index is 2.24. The van der Waals surface area contributed by atoms with Gasteiger partial charge in [-0.15, -0.1) is 11.8 Å². The molecule has 2 rings (SSSR count). The molecule has 0 saturated heterocycles. The number of alkyl halides is 3. The Bertz CT molecular complexity index is 949. The van der Waals surface area contributed by atoms with Gasteiger partial charge in [-0.2, -0.15) is 13.2 Å². The number of benzene rings is 2. The zero-order chi connectivity index (χ0) is 20.9. The number of sulfonamides is 1. The molecule has 0 fully saturated rings. The Morgan fingerprint density at radius 1 is 1.18 bits per heavy atom. The van der Waals surface area contributed by atoms with Gasteiger partial charge < -0.3 is 5.32 Å². The van der Waals surface area contributed by atoms with Gasteiger partial charge in [-0.05, 0) is 30.3 Å². The molecular formula is C17H17F3N2O4S2. The van der Waals surface area contributed by atoms with E-state index >= 15 is 0 Å². The third-order valence-corrected chi connectivity index (χ3v) is 6.33. The Hall–Kier alpha value is -2.08. The third kappa shape index (κ3) is 5.71. The summed E-state index contributed by atoms with van der Waals surface area (Å²) < 4.78 is 62.6. The number of hydroxylamine groups is 1. The van der Waals surface area contributed by atoms with Gasteiger partial charge in [0.2, 0.25) is 0 Å². The molecule has 0 aliphatic rings. The van der Waals surface area contributed by atoms with E-state index in [9.17, 15) is 26.4 Å². The normalized spacial score (nSPS) is 12.2. The van der Waals surface area contributed by atoms with Crippen LogP contribution in [0.5, 0.6) is 0 Å². The highest BCUT2D eigenvalue weighted by molar-refractivity contribution is 7.99. The van der Waals surface area contributed by atoms with Crippen LogP contribution in [-0.2, 0) is 14.9 Å². The van der Waals surface area contributed by atoms with E-state index in [1.807, 2.05) is 0 Å². The largest absolute Gasteiger partial charge is 0.398 e. The van der Waals surface area contributed by atoms with E-state index in [0.717, 1.165) is 6.07 Å². The summed E-state index contributed by atoms with van der Waals surface area (Å²) in [6.07, 6.45) is -4.35. The molecule has 0 spiro atoms. The first kappa shape index (κ1) is 22.2. The van der Waals surface area contributed by atoms with E-state index < -0.39 is 27.9 Å². The number of carbonyl (C=O) groups excluding carboxylic acids is 1. The average molecular weight is 434 g/mol. The molecule has 0 unspecified atom stereocenters. The number of nitrogens with one attached hydrogen (secondary N) is 1. The molecule has 0 heterocycles. The fourth-order valence-electron chi connectivity index (χ4n) is 2.09. The van der Waals surface area contributed by atoms with Crippen molar-refractivity contribution in [1.29, 1.82) is 0 Å². The Morgan fingerprint density at radius 2 is 1.86 bits per heavy atom. The Kier molecular flexibility index (Phi) is 7.10. The quantitative estimate of drug-likeness (QED) is 0.530. The Labute approximate surface area is 164 Å². The van der Waals surface area contributed by atoms with Crippen molar-refractivity contribution in [3.63, 3.8) is 0 Å². The number of rotatable bonds is 7. The number of carbonyl (C=O) groups is 1. The van der Waals surface area contributed by atoms with Gasteiger partial charge in [-0.25, -0.2) is 8.42 Å². The van der Waals surface area contributed by atoms with Crippen LogP contribution in [0.2, 0.25) is 0 Å². The van der Waals surface area contributed by atoms with E-state index in [4.69, 9.17) is 0 Å². The molecule has 152 valence electrons. The highest BCUT2D eigenvalue weighted by atomic mass is 32.2. The lowest BCUT2D eigenvalue weighted by Gasteiger charge is -2.15. The molecule has 0 atom stereocenters. The zero-order valence-corrected chi connectivity index (χ0v) is 16.5. The summed E-state index contributed by atoms with van der Waals surface area (Å²) in [6, 6.07) is 11.3. The van der Waals surface area contributed by atoms with Crippen molar-refractivity contribution in [2.45, 2.75) is 16.0 Å². The second kappa shape index (κ2) is 8.95. The number of halogens is 3. The monoisotopic (exact) mass is 434 g/mol. The highest BCUT2D eigenvalue weighted by Crippen LogP contribution is 2.32. The second-order valence-electron chi connectivity index (χ2n) is 5.48. The number of anilines is 1. The van der Waals surface area contributed by atoms with Crippen molar-refractivity contribution >= 4 is 33.4 Å². The molecule has 6 nitrogen and oxygen atoms in total. The molecule has 0 aliphatic heterocycles. The molecule has 1 N–H and O–H groups in total. The lowest BCUT2D eigenvalue weighted by molar-refractivity contribution is -0.105. The maximum absolute atomic E-state index is 12.5. The van der Waals surface area contributed by atoms with Crippen molar-refractivity contribution in [2.75, 3.05) is 25.2 Å². The van der Waals surface area contributed by atoms with Gasteiger partial charge in [0, 0.05) is 17.5 Å². The fourth-order valence-corrected chi connectivity index (χ4v) is 3.88. The van der Waals surface area contributed by atoms with Crippen LogP contribution in [0.25, 0.3) is 0 Å². The van der Waals surface area contributed by atoms with E-state index in [0.29, 0.717) is 16.2 Å². The summed E-state index contributed by atoms with van der Waals surface area (Å²) in [6.45, 7) is 0. The van der Waals surface area contributed by atoms with Crippen LogP contribution in [0.3, 0.4) is 0 Å². The summed E-state index contributed by atoms with van der Waals surface area (Å²) in [5.74, 6) is -1.76. The molecule has 0 aromatic heterocycles. The van der Waals surface area contributed by atoms with Crippen molar-refractivity contribution in [3.05, 3.63) is 54.1 Å². The molecule has 2 aromatic rings. The van der Waals surface area contributed by atoms with Gasteiger partial charge in [0.15, 0.2) is 0 Å². The van der Waals surface area contributed by atoms with Crippen LogP contribution in [0, 0.1) is 0 Å². The molecule has 0 saturated carbocycles. The summed E-state index contributed by atoms with van der Waals surface area (Å²) >= 11 is 0.547. The van der Waals surface area contributed by atoms with Gasteiger partial charge in [-0.1, -0.05) is 22.7 Å². The minimum Gasteiger partial charge on any atom is -0.321 e. The highest BCUT2D eigenvalue weighted by Gasteiger charge is 2.28. The smallest absolute Gasteiger partial charge is 0.321 e. The Morgan fingerprint density at radius 3 is 2.50 bits per heavy atom. The number of hydrogen-bond donors (Lipinski definition) is 1. The number of hydrogen-bond acceptors (Lipinski definition) is 5. The van der Waals surface area contributed by atoms with Gasteiger partial charge in [0.05, 0.1) is 23.4 Å². The molecular weight excluding hydrogens is 417 g/mol. The van der Waals surface area contributed by atoms with Gasteiger partial charge in [-0.3, -0.25) is 9.63 Å². The average Bonchev–Trinajstić information content (AvgIpc) is 2.66. The fraction of sp³-hybridized carbons (Fsp3) is 0.235. The van der Waals surface area contributed by atoms with Gasteiger partial charge >= 0.3 is 6.18 Å². The topological polar surface area (TPSA) is 75.7 Å².